The van der Waals surface area contributed by atoms with Crippen molar-refractivity contribution in [1.29, 1.82) is 0 Å². The fourth-order valence-corrected chi connectivity index (χ4v) is 2.58. The molecule has 30 heavy (non-hydrogen) atoms. The van der Waals surface area contributed by atoms with E-state index in [1.165, 1.54) is 19.1 Å². The lowest BCUT2D eigenvalue weighted by Crippen LogP contribution is -2.29. The third kappa shape index (κ3) is 5.35. The maximum Gasteiger partial charge on any atom is 0.331 e. The van der Waals surface area contributed by atoms with Crippen molar-refractivity contribution in [3.8, 4) is 17.1 Å². The number of carbonyl (C=O) groups is 2. The smallest absolute Gasteiger partial charge is 0.331 e. The van der Waals surface area contributed by atoms with Crippen molar-refractivity contribution in [2.45, 2.75) is 13.0 Å². The summed E-state index contributed by atoms with van der Waals surface area (Å²) in [6, 6.07) is 16.2. The number of carbonyl (C=O) groups excluding carboxylic acids is 2. The third-order valence-corrected chi connectivity index (χ3v) is 4.17. The molecule has 0 fully saturated rings. The highest BCUT2D eigenvalue weighted by atomic mass is 19.1. The predicted octanol–water partition coefficient (Wildman–Crippen LogP) is 4.68. The van der Waals surface area contributed by atoms with Crippen molar-refractivity contribution in [3.05, 3.63) is 78.3 Å². The molecule has 0 spiro atoms. The molecule has 0 saturated heterocycles. The van der Waals surface area contributed by atoms with Crippen molar-refractivity contribution < 1.29 is 27.9 Å². The van der Waals surface area contributed by atoms with Gasteiger partial charge in [-0.15, -0.1) is 0 Å². The number of anilines is 1. The molecule has 1 atom stereocenters. The maximum absolute atomic E-state index is 13.8. The van der Waals surface area contributed by atoms with Crippen molar-refractivity contribution in [3.63, 3.8) is 0 Å². The second-order valence-corrected chi connectivity index (χ2v) is 6.31. The highest BCUT2D eigenvalue weighted by molar-refractivity contribution is 5.96. The number of ether oxygens (including phenoxy) is 2. The summed E-state index contributed by atoms with van der Waals surface area (Å²) in [7, 11) is 1.55. The van der Waals surface area contributed by atoms with Gasteiger partial charge in [-0.25, -0.2) is 9.18 Å². The Morgan fingerprint density at radius 2 is 1.80 bits per heavy atom. The molecule has 7 heteroatoms. The quantitative estimate of drug-likeness (QED) is 0.453. The molecule has 0 unspecified atom stereocenters. The van der Waals surface area contributed by atoms with Crippen LogP contribution in [0, 0.1) is 5.82 Å². The highest BCUT2D eigenvalue weighted by Crippen LogP contribution is 2.25. The molecule has 154 valence electrons. The Morgan fingerprint density at radius 3 is 2.50 bits per heavy atom. The summed E-state index contributed by atoms with van der Waals surface area (Å²) in [5, 5.41) is 2.65. The molecule has 1 aromatic heterocycles. The van der Waals surface area contributed by atoms with E-state index in [1.807, 2.05) is 0 Å². The number of esters is 1. The molecule has 3 rings (SSSR count). The van der Waals surface area contributed by atoms with Crippen LogP contribution in [0.3, 0.4) is 0 Å². The van der Waals surface area contributed by atoms with Gasteiger partial charge in [-0.3, -0.25) is 4.79 Å². The molecule has 2 aromatic carbocycles. The molecular weight excluding hydrogens is 389 g/mol. The van der Waals surface area contributed by atoms with Gasteiger partial charge in [0.2, 0.25) is 0 Å². The summed E-state index contributed by atoms with van der Waals surface area (Å²) >= 11 is 0. The Bertz CT molecular complexity index is 1060. The molecule has 0 saturated carbocycles. The lowest BCUT2D eigenvalue weighted by molar-refractivity contribution is -0.148. The van der Waals surface area contributed by atoms with Crippen LogP contribution < -0.4 is 10.1 Å². The summed E-state index contributed by atoms with van der Waals surface area (Å²) in [5.41, 5.74) is 0.874. The molecule has 0 aliphatic heterocycles. The van der Waals surface area contributed by atoms with Gasteiger partial charge >= 0.3 is 5.97 Å². The van der Waals surface area contributed by atoms with Crippen LogP contribution in [0.25, 0.3) is 17.4 Å². The zero-order chi connectivity index (χ0) is 21.5. The molecule has 0 aliphatic carbocycles. The van der Waals surface area contributed by atoms with Crippen LogP contribution in [0.15, 0.2) is 71.2 Å². The van der Waals surface area contributed by atoms with E-state index < -0.39 is 23.8 Å². The predicted molar refractivity (Wildman–Crippen MR) is 110 cm³/mol. The lowest BCUT2D eigenvalue weighted by atomic mass is 10.1. The van der Waals surface area contributed by atoms with E-state index in [1.54, 1.807) is 61.7 Å². The van der Waals surface area contributed by atoms with E-state index in [-0.39, 0.29) is 0 Å². The minimum Gasteiger partial charge on any atom is -0.497 e. The Labute approximate surface area is 172 Å². The van der Waals surface area contributed by atoms with Crippen molar-refractivity contribution in [2.75, 3.05) is 12.4 Å². The maximum atomic E-state index is 13.8. The first-order chi connectivity index (χ1) is 14.5. The largest absolute Gasteiger partial charge is 0.497 e. The number of rotatable bonds is 7. The Morgan fingerprint density at radius 1 is 1.07 bits per heavy atom. The van der Waals surface area contributed by atoms with E-state index in [0.29, 0.717) is 28.5 Å². The number of amides is 1. The number of hydrogen-bond donors (Lipinski definition) is 1. The van der Waals surface area contributed by atoms with Crippen LogP contribution in [-0.2, 0) is 14.3 Å². The van der Waals surface area contributed by atoms with Gasteiger partial charge in [-0.2, -0.15) is 0 Å². The van der Waals surface area contributed by atoms with E-state index in [2.05, 4.69) is 5.32 Å². The standard InChI is InChI=1S/C23H20FNO5/c1-15(23(27)25-16-7-9-17(28-2)10-8-16)29-22(26)14-12-18-11-13-21(30-18)19-5-3-4-6-20(19)24/h3-15H,1-2H3,(H,25,27)/b14-12+/t15-/m0/s1. The number of nitrogens with one attached hydrogen (secondary N) is 1. The fourth-order valence-electron chi connectivity index (χ4n) is 2.58. The zero-order valence-electron chi connectivity index (χ0n) is 16.4. The van der Waals surface area contributed by atoms with Gasteiger partial charge in [0, 0.05) is 11.8 Å². The number of halogens is 1. The van der Waals surface area contributed by atoms with Crippen LogP contribution in [0.4, 0.5) is 10.1 Å². The topological polar surface area (TPSA) is 77.8 Å². The van der Waals surface area contributed by atoms with Gasteiger partial charge in [0.15, 0.2) is 6.10 Å². The van der Waals surface area contributed by atoms with Crippen LogP contribution >= 0.6 is 0 Å². The van der Waals surface area contributed by atoms with Crippen LogP contribution in [0.1, 0.15) is 12.7 Å². The molecule has 3 aromatic rings. The number of furan rings is 1. The van der Waals surface area contributed by atoms with Gasteiger partial charge in [-0.1, -0.05) is 12.1 Å². The number of methoxy groups -OCH3 is 1. The average Bonchev–Trinajstić information content (AvgIpc) is 3.22. The zero-order valence-corrected chi connectivity index (χ0v) is 16.4. The van der Waals surface area contributed by atoms with Crippen molar-refractivity contribution >= 4 is 23.6 Å². The SMILES string of the molecule is COc1ccc(NC(=O)[C@H](C)OC(=O)/C=C/c2ccc(-c3ccccc3F)o2)cc1. The molecule has 6 nitrogen and oxygen atoms in total. The summed E-state index contributed by atoms with van der Waals surface area (Å²) in [4.78, 5) is 24.2. The van der Waals surface area contributed by atoms with Crippen LogP contribution in [0.2, 0.25) is 0 Å². The molecule has 1 heterocycles. The minimum atomic E-state index is -1.00. The van der Waals surface area contributed by atoms with E-state index >= 15 is 0 Å². The van der Waals surface area contributed by atoms with Gasteiger partial charge in [0.1, 0.15) is 23.1 Å². The first-order valence-electron chi connectivity index (χ1n) is 9.14. The van der Waals surface area contributed by atoms with Crippen molar-refractivity contribution in [1.82, 2.24) is 0 Å². The molecule has 1 N–H and O–H groups in total. The monoisotopic (exact) mass is 409 g/mol. The first kappa shape index (κ1) is 20.9. The van der Waals surface area contributed by atoms with Gasteiger partial charge in [0.05, 0.1) is 12.7 Å². The van der Waals surface area contributed by atoms with E-state index in [0.717, 1.165) is 6.08 Å². The third-order valence-electron chi connectivity index (χ3n) is 4.17. The summed E-state index contributed by atoms with van der Waals surface area (Å²) in [5.74, 6) is -0.237. The van der Waals surface area contributed by atoms with Gasteiger partial charge in [-0.05, 0) is 61.5 Å². The molecule has 0 bridgehead atoms. The van der Waals surface area contributed by atoms with Crippen LogP contribution in [0.5, 0.6) is 5.75 Å². The normalized spacial score (nSPS) is 11.8. The second kappa shape index (κ2) is 9.56. The highest BCUT2D eigenvalue weighted by Gasteiger charge is 2.17. The summed E-state index contributed by atoms with van der Waals surface area (Å²) in [6.07, 6.45) is 1.52. The summed E-state index contributed by atoms with van der Waals surface area (Å²) in [6.45, 7) is 1.47. The summed E-state index contributed by atoms with van der Waals surface area (Å²) < 4.78 is 29.5. The second-order valence-electron chi connectivity index (χ2n) is 6.31. The Balaban J connectivity index is 1.55. The lowest BCUT2D eigenvalue weighted by Gasteiger charge is -2.12. The van der Waals surface area contributed by atoms with Crippen LogP contribution in [-0.4, -0.2) is 25.1 Å². The van der Waals surface area contributed by atoms with E-state index in [9.17, 15) is 14.0 Å². The first-order valence-corrected chi connectivity index (χ1v) is 9.14. The molecule has 0 radical (unpaired) electrons. The Kier molecular flexibility index (Phi) is 6.64. The number of hydrogen-bond acceptors (Lipinski definition) is 5. The molecule has 0 aliphatic rings. The average molecular weight is 409 g/mol. The van der Waals surface area contributed by atoms with Crippen molar-refractivity contribution in [2.24, 2.45) is 0 Å². The minimum absolute atomic E-state index is 0.323. The van der Waals surface area contributed by atoms with E-state index in [4.69, 9.17) is 13.9 Å². The Hall–Kier alpha value is -3.87. The van der Waals surface area contributed by atoms with Gasteiger partial charge < -0.3 is 19.2 Å². The van der Waals surface area contributed by atoms with Gasteiger partial charge in [0.25, 0.3) is 5.91 Å². The fraction of sp³-hybridized carbons (Fsp3) is 0.130. The molecule has 1 amide bonds. The molecular formula is C23H20FNO5. The number of benzene rings is 2.